The predicted octanol–water partition coefficient (Wildman–Crippen LogP) is 14.8. The largest absolute Gasteiger partial charge is 0.325 e. The number of hydrogen-bond acceptors (Lipinski definition) is 3. The molecular formula is C44H85O6PS. The van der Waals surface area contributed by atoms with E-state index < -0.39 is 17.7 Å². The van der Waals surface area contributed by atoms with Gasteiger partial charge in [0.1, 0.15) is 0 Å². The lowest BCUT2D eigenvalue weighted by Crippen LogP contribution is -2.21. The van der Waals surface area contributed by atoms with Gasteiger partial charge < -0.3 is 9.79 Å². The molecule has 0 aliphatic rings. The highest BCUT2D eigenvalue weighted by Crippen LogP contribution is 2.41. The summed E-state index contributed by atoms with van der Waals surface area (Å²) in [6, 6.07) is 6.73. The van der Waals surface area contributed by atoms with E-state index in [2.05, 4.69) is 27.7 Å². The highest BCUT2D eigenvalue weighted by molar-refractivity contribution is 7.85. The van der Waals surface area contributed by atoms with Crippen LogP contribution in [0, 0.1) is 5.41 Å². The zero-order valence-corrected chi connectivity index (χ0v) is 36.3. The van der Waals surface area contributed by atoms with Crippen molar-refractivity contribution < 1.29 is 27.3 Å². The van der Waals surface area contributed by atoms with E-state index in [9.17, 15) is 17.5 Å². The topological polar surface area (TPSA) is 112 Å². The molecule has 0 spiro atoms. The van der Waals surface area contributed by atoms with Crippen molar-refractivity contribution in [1.29, 1.82) is 0 Å². The Labute approximate surface area is 323 Å². The van der Waals surface area contributed by atoms with Gasteiger partial charge in [-0.15, -0.1) is 0 Å². The number of benzene rings is 1. The standard InChI is InChI=1S/C26H55O3P.C18H30O3S/c1-4-7-21-26(22-8-5-2,23-9-6-3)24-19-17-15-13-11-10-12-14-16-18-20-25-30(27,28)29;1-2-3-4-5-6-7-8-9-10-11-14-17-15-12-13-16-18(17)22(19,20)21/h4-25H2,1-3H3,(H2,27,28,29);12-13,15-16H,2-11,14H2,1H3,(H,19,20,21). The smallest absolute Gasteiger partial charge is 0.324 e. The van der Waals surface area contributed by atoms with E-state index >= 15 is 0 Å². The molecule has 0 saturated carbocycles. The SMILES string of the molecule is CCCCC(CCCC)(CCCC)CCCCCCCCCCCCCP(=O)(O)O.CCCCCCCCCCCCc1ccccc1S(=O)(=O)O. The fourth-order valence-corrected chi connectivity index (χ4v) is 8.97. The zero-order valence-electron chi connectivity index (χ0n) is 34.6. The maximum Gasteiger partial charge on any atom is 0.325 e. The van der Waals surface area contributed by atoms with Crippen molar-refractivity contribution in [3.63, 3.8) is 0 Å². The van der Waals surface area contributed by atoms with Crippen LogP contribution in [0.1, 0.15) is 232 Å². The summed E-state index contributed by atoms with van der Waals surface area (Å²) in [6.45, 7) is 9.26. The van der Waals surface area contributed by atoms with Crippen molar-refractivity contribution in [2.75, 3.05) is 6.16 Å². The van der Waals surface area contributed by atoms with Gasteiger partial charge in [0.25, 0.3) is 10.1 Å². The molecule has 0 amide bonds. The fraction of sp³-hybridized carbons (Fsp3) is 0.864. The number of aryl methyl sites for hydroxylation is 1. The van der Waals surface area contributed by atoms with E-state index in [-0.39, 0.29) is 11.1 Å². The summed E-state index contributed by atoms with van der Waals surface area (Å²) in [6.07, 6.45) is 41.0. The molecule has 0 bridgehead atoms. The van der Waals surface area contributed by atoms with Crippen molar-refractivity contribution in [2.45, 2.75) is 238 Å². The first kappa shape index (κ1) is 51.3. The van der Waals surface area contributed by atoms with E-state index in [4.69, 9.17) is 9.79 Å². The van der Waals surface area contributed by atoms with E-state index in [0.29, 0.717) is 18.3 Å². The molecule has 52 heavy (non-hydrogen) atoms. The molecule has 0 aliphatic heterocycles. The number of hydrogen-bond donors (Lipinski definition) is 3. The van der Waals surface area contributed by atoms with Crippen LogP contribution >= 0.6 is 7.60 Å². The molecule has 1 aromatic rings. The molecule has 8 heteroatoms. The van der Waals surface area contributed by atoms with Crippen molar-refractivity contribution in [3.05, 3.63) is 29.8 Å². The van der Waals surface area contributed by atoms with Crippen molar-refractivity contribution in [2.24, 2.45) is 5.41 Å². The summed E-state index contributed by atoms with van der Waals surface area (Å²) in [7, 11) is -7.87. The molecule has 0 heterocycles. The van der Waals surface area contributed by atoms with Crippen LogP contribution in [0.2, 0.25) is 0 Å². The summed E-state index contributed by atoms with van der Waals surface area (Å²) in [5, 5.41) is 0. The van der Waals surface area contributed by atoms with Gasteiger partial charge in [0.05, 0.1) is 4.90 Å². The number of unbranched alkanes of at least 4 members (excludes halogenated alkanes) is 22. The molecule has 0 unspecified atom stereocenters. The monoisotopic (exact) mass is 773 g/mol. The van der Waals surface area contributed by atoms with Crippen molar-refractivity contribution in [3.8, 4) is 0 Å². The van der Waals surface area contributed by atoms with Gasteiger partial charge in [-0.05, 0) is 62.0 Å². The summed E-state index contributed by atoms with van der Waals surface area (Å²) in [5.41, 5.74) is 1.37. The van der Waals surface area contributed by atoms with Gasteiger partial charge in [-0.2, -0.15) is 8.42 Å². The Hall–Kier alpha value is -0.720. The molecule has 308 valence electrons. The molecule has 1 rings (SSSR count). The van der Waals surface area contributed by atoms with Crippen LogP contribution in [0.4, 0.5) is 0 Å². The first-order chi connectivity index (χ1) is 24.9. The van der Waals surface area contributed by atoms with Gasteiger partial charge in [-0.3, -0.25) is 9.12 Å². The zero-order chi connectivity index (χ0) is 38.8. The second-order valence-electron chi connectivity index (χ2n) is 15.9. The lowest BCUT2D eigenvalue weighted by molar-refractivity contribution is 0.175. The quantitative estimate of drug-likeness (QED) is 0.0360. The van der Waals surface area contributed by atoms with E-state index in [0.717, 1.165) is 31.2 Å². The predicted molar refractivity (Wildman–Crippen MR) is 225 cm³/mol. The highest BCUT2D eigenvalue weighted by atomic mass is 32.2. The van der Waals surface area contributed by atoms with Crippen LogP contribution < -0.4 is 0 Å². The van der Waals surface area contributed by atoms with E-state index in [1.165, 1.54) is 173 Å². The van der Waals surface area contributed by atoms with Crippen LogP contribution in [-0.4, -0.2) is 28.9 Å². The third kappa shape index (κ3) is 30.6. The minimum absolute atomic E-state index is 0.0591. The first-order valence-corrected chi connectivity index (χ1v) is 25.3. The number of rotatable bonds is 35. The summed E-state index contributed by atoms with van der Waals surface area (Å²) in [4.78, 5) is 17.8. The second-order valence-corrected chi connectivity index (χ2v) is 19.0. The van der Waals surface area contributed by atoms with Gasteiger partial charge in [0.15, 0.2) is 0 Å². The fourth-order valence-electron chi connectivity index (χ4n) is 7.58. The van der Waals surface area contributed by atoms with Gasteiger partial charge in [0.2, 0.25) is 0 Å². The minimum atomic E-state index is -4.10. The Kier molecular flexibility index (Phi) is 33.1. The van der Waals surface area contributed by atoms with E-state index in [1.807, 2.05) is 6.07 Å². The lowest BCUT2D eigenvalue weighted by atomic mass is 9.71. The maximum absolute atomic E-state index is 11.3. The van der Waals surface area contributed by atoms with Crippen LogP contribution in [0.25, 0.3) is 0 Å². The molecule has 0 aliphatic carbocycles. The molecule has 0 fully saturated rings. The molecular weight excluding hydrogens is 688 g/mol. The second kappa shape index (κ2) is 33.6. The first-order valence-electron chi connectivity index (χ1n) is 22.0. The Bertz CT molecular complexity index is 1060. The lowest BCUT2D eigenvalue weighted by Gasteiger charge is -2.35. The third-order valence-electron chi connectivity index (χ3n) is 10.9. The van der Waals surface area contributed by atoms with Gasteiger partial charge >= 0.3 is 7.60 Å². The molecule has 0 atom stereocenters. The van der Waals surface area contributed by atoms with E-state index in [1.54, 1.807) is 12.1 Å². The Morgan fingerprint density at radius 2 is 0.846 bits per heavy atom. The summed E-state index contributed by atoms with van der Waals surface area (Å²) < 4.78 is 42.6. The van der Waals surface area contributed by atoms with Crippen molar-refractivity contribution in [1.82, 2.24) is 0 Å². The molecule has 1 aromatic carbocycles. The van der Waals surface area contributed by atoms with Crippen LogP contribution in [0.5, 0.6) is 0 Å². The van der Waals surface area contributed by atoms with Crippen LogP contribution in [-0.2, 0) is 21.1 Å². The third-order valence-corrected chi connectivity index (χ3v) is 12.7. The van der Waals surface area contributed by atoms with Crippen LogP contribution in [0.3, 0.4) is 0 Å². The minimum Gasteiger partial charge on any atom is -0.324 e. The Morgan fingerprint density at radius 3 is 1.25 bits per heavy atom. The highest BCUT2D eigenvalue weighted by Gasteiger charge is 2.27. The maximum atomic E-state index is 11.3. The summed E-state index contributed by atoms with van der Waals surface area (Å²) >= 11 is 0. The Morgan fingerprint density at radius 1 is 0.500 bits per heavy atom. The molecule has 6 nitrogen and oxygen atoms in total. The Balaban J connectivity index is 0.00000105. The van der Waals surface area contributed by atoms with Crippen LogP contribution in [0.15, 0.2) is 29.2 Å². The van der Waals surface area contributed by atoms with Gasteiger partial charge in [-0.1, -0.05) is 206 Å². The molecule has 3 N–H and O–H groups in total. The van der Waals surface area contributed by atoms with Crippen molar-refractivity contribution >= 4 is 17.7 Å². The van der Waals surface area contributed by atoms with Gasteiger partial charge in [0, 0.05) is 6.16 Å². The average Bonchev–Trinajstić information content (AvgIpc) is 3.11. The normalized spacial score (nSPS) is 12.2. The molecule has 0 saturated heterocycles. The molecule has 0 radical (unpaired) electrons. The summed E-state index contributed by atoms with van der Waals surface area (Å²) in [5.74, 6) is 0. The van der Waals surface area contributed by atoms with Gasteiger partial charge in [-0.25, -0.2) is 0 Å². The molecule has 0 aromatic heterocycles. The average molecular weight is 773 g/mol.